The molecule has 0 saturated carbocycles. The largest absolute Gasteiger partial charge is 0.482 e. The minimum Gasteiger partial charge on any atom is -0.482 e. The molecule has 0 atom stereocenters. The standard InChI is InChI=1S/C18H26O3/c1-15(2)9-6-4-5-7-12-20-18(19)14-21-17-11-8-10-16(3)13-17/h8-11,13H,4-7,12,14H2,1-3H3. The highest BCUT2D eigenvalue weighted by atomic mass is 16.6. The second kappa shape index (κ2) is 10.0. The highest BCUT2D eigenvalue weighted by Crippen LogP contribution is 2.12. The first kappa shape index (κ1) is 17.3. The van der Waals surface area contributed by atoms with Crippen LogP contribution in [0.25, 0.3) is 0 Å². The van der Waals surface area contributed by atoms with Gasteiger partial charge in [0.2, 0.25) is 0 Å². The lowest BCUT2D eigenvalue weighted by Gasteiger charge is -2.07. The van der Waals surface area contributed by atoms with E-state index in [2.05, 4.69) is 19.9 Å². The molecule has 0 amide bonds. The number of carbonyl (C=O) groups excluding carboxylic acids is 1. The molecular weight excluding hydrogens is 264 g/mol. The number of aryl methyl sites for hydroxylation is 1. The van der Waals surface area contributed by atoms with Crippen molar-refractivity contribution in [2.45, 2.75) is 46.5 Å². The first-order chi connectivity index (χ1) is 10.1. The van der Waals surface area contributed by atoms with Crippen molar-refractivity contribution in [3.63, 3.8) is 0 Å². The summed E-state index contributed by atoms with van der Waals surface area (Å²) in [5.41, 5.74) is 2.46. The van der Waals surface area contributed by atoms with Crippen LogP contribution < -0.4 is 4.74 Å². The molecule has 0 saturated heterocycles. The van der Waals surface area contributed by atoms with E-state index in [-0.39, 0.29) is 12.6 Å². The fraction of sp³-hybridized carbons (Fsp3) is 0.500. The topological polar surface area (TPSA) is 35.5 Å². The molecule has 0 heterocycles. The lowest BCUT2D eigenvalue weighted by molar-refractivity contribution is -0.146. The molecule has 3 nitrogen and oxygen atoms in total. The first-order valence-corrected chi connectivity index (χ1v) is 7.56. The fourth-order valence-electron chi connectivity index (χ4n) is 1.89. The smallest absolute Gasteiger partial charge is 0.344 e. The second-order valence-electron chi connectivity index (χ2n) is 5.46. The maximum Gasteiger partial charge on any atom is 0.344 e. The molecule has 116 valence electrons. The number of rotatable bonds is 9. The van der Waals surface area contributed by atoms with Gasteiger partial charge in [0.25, 0.3) is 0 Å². The second-order valence-corrected chi connectivity index (χ2v) is 5.46. The summed E-state index contributed by atoms with van der Waals surface area (Å²) in [6.45, 7) is 6.65. The van der Waals surface area contributed by atoms with Gasteiger partial charge in [0.05, 0.1) is 6.61 Å². The Kier molecular flexibility index (Phi) is 8.25. The molecular formula is C18H26O3. The van der Waals surface area contributed by atoms with Crippen LogP contribution in [0.1, 0.15) is 45.1 Å². The van der Waals surface area contributed by atoms with Crippen molar-refractivity contribution in [3.8, 4) is 5.75 Å². The van der Waals surface area contributed by atoms with Crippen LogP contribution in [0.5, 0.6) is 5.75 Å². The zero-order valence-electron chi connectivity index (χ0n) is 13.4. The third kappa shape index (κ3) is 8.90. The van der Waals surface area contributed by atoms with E-state index in [0.29, 0.717) is 12.4 Å². The molecule has 0 fully saturated rings. The zero-order valence-corrected chi connectivity index (χ0v) is 13.4. The molecule has 0 aromatic heterocycles. The van der Waals surface area contributed by atoms with E-state index in [0.717, 1.165) is 31.2 Å². The average Bonchev–Trinajstić information content (AvgIpc) is 2.44. The number of esters is 1. The van der Waals surface area contributed by atoms with E-state index in [1.165, 1.54) is 5.57 Å². The van der Waals surface area contributed by atoms with Gasteiger partial charge in [-0.2, -0.15) is 0 Å². The number of unbranched alkanes of at least 4 members (excludes halogenated alkanes) is 3. The van der Waals surface area contributed by atoms with Gasteiger partial charge in [-0.3, -0.25) is 0 Å². The Morgan fingerprint density at radius 3 is 2.71 bits per heavy atom. The van der Waals surface area contributed by atoms with Gasteiger partial charge in [0.15, 0.2) is 6.61 Å². The van der Waals surface area contributed by atoms with Crippen LogP contribution in [0.2, 0.25) is 0 Å². The minimum absolute atomic E-state index is 0.0266. The number of hydrogen-bond donors (Lipinski definition) is 0. The predicted octanol–water partition coefficient (Wildman–Crippen LogP) is 4.44. The van der Waals surface area contributed by atoms with Gasteiger partial charge < -0.3 is 9.47 Å². The summed E-state index contributed by atoms with van der Waals surface area (Å²) in [6.07, 6.45) is 6.47. The maximum atomic E-state index is 11.5. The van der Waals surface area contributed by atoms with Crippen LogP contribution in [-0.4, -0.2) is 19.2 Å². The van der Waals surface area contributed by atoms with Gasteiger partial charge in [-0.15, -0.1) is 0 Å². The van der Waals surface area contributed by atoms with Crippen molar-refractivity contribution in [2.24, 2.45) is 0 Å². The van der Waals surface area contributed by atoms with E-state index in [4.69, 9.17) is 9.47 Å². The van der Waals surface area contributed by atoms with Crippen molar-refractivity contribution >= 4 is 5.97 Å². The Hall–Kier alpha value is -1.77. The molecule has 0 radical (unpaired) electrons. The Morgan fingerprint density at radius 1 is 1.19 bits per heavy atom. The lowest BCUT2D eigenvalue weighted by atomic mass is 10.1. The number of benzene rings is 1. The summed E-state index contributed by atoms with van der Waals surface area (Å²) < 4.78 is 10.5. The molecule has 21 heavy (non-hydrogen) atoms. The predicted molar refractivity (Wildman–Crippen MR) is 85.5 cm³/mol. The molecule has 1 aromatic carbocycles. The molecule has 0 aliphatic carbocycles. The number of carbonyl (C=O) groups is 1. The van der Waals surface area contributed by atoms with Crippen LogP contribution in [0.3, 0.4) is 0 Å². The summed E-state index contributed by atoms with van der Waals surface area (Å²) in [7, 11) is 0. The van der Waals surface area contributed by atoms with Gasteiger partial charge >= 0.3 is 5.97 Å². The highest BCUT2D eigenvalue weighted by molar-refractivity contribution is 5.71. The third-order valence-corrected chi connectivity index (χ3v) is 3.01. The van der Waals surface area contributed by atoms with E-state index in [9.17, 15) is 4.79 Å². The van der Waals surface area contributed by atoms with E-state index < -0.39 is 0 Å². The van der Waals surface area contributed by atoms with Crippen molar-refractivity contribution in [1.29, 1.82) is 0 Å². The third-order valence-electron chi connectivity index (χ3n) is 3.01. The number of ether oxygens (including phenoxy) is 2. The van der Waals surface area contributed by atoms with E-state index in [1.807, 2.05) is 31.2 Å². The molecule has 0 bridgehead atoms. The SMILES string of the molecule is CC(C)=CCCCCCOC(=O)COc1cccc(C)c1. The van der Waals surface area contributed by atoms with Crippen molar-refractivity contribution in [3.05, 3.63) is 41.5 Å². The van der Waals surface area contributed by atoms with Crippen LogP contribution in [0.4, 0.5) is 0 Å². The molecule has 0 aliphatic heterocycles. The summed E-state index contributed by atoms with van der Waals surface area (Å²) in [5, 5.41) is 0. The Balaban J connectivity index is 2.05. The lowest BCUT2D eigenvalue weighted by Crippen LogP contribution is -2.15. The Labute approximate surface area is 128 Å². The minimum atomic E-state index is -0.305. The zero-order chi connectivity index (χ0) is 15.5. The maximum absolute atomic E-state index is 11.5. The summed E-state index contributed by atoms with van der Waals surface area (Å²) in [6, 6.07) is 7.63. The monoisotopic (exact) mass is 290 g/mol. The average molecular weight is 290 g/mol. The van der Waals surface area contributed by atoms with Crippen molar-refractivity contribution < 1.29 is 14.3 Å². The Bertz CT molecular complexity index is 459. The summed E-state index contributed by atoms with van der Waals surface area (Å²) >= 11 is 0. The Morgan fingerprint density at radius 2 is 2.00 bits per heavy atom. The van der Waals surface area contributed by atoms with Gasteiger partial charge in [-0.05, 0) is 64.2 Å². The van der Waals surface area contributed by atoms with Crippen molar-refractivity contribution in [2.75, 3.05) is 13.2 Å². The van der Waals surface area contributed by atoms with Crippen LogP contribution in [-0.2, 0) is 9.53 Å². The summed E-state index contributed by atoms with van der Waals surface area (Å²) in [4.78, 5) is 11.5. The van der Waals surface area contributed by atoms with Gasteiger partial charge in [-0.1, -0.05) is 23.8 Å². The van der Waals surface area contributed by atoms with Gasteiger partial charge in [-0.25, -0.2) is 4.79 Å². The fourth-order valence-corrected chi connectivity index (χ4v) is 1.89. The van der Waals surface area contributed by atoms with Crippen LogP contribution in [0, 0.1) is 6.92 Å². The van der Waals surface area contributed by atoms with Crippen LogP contribution >= 0.6 is 0 Å². The van der Waals surface area contributed by atoms with Gasteiger partial charge in [0, 0.05) is 0 Å². The normalized spacial score (nSPS) is 10.0. The van der Waals surface area contributed by atoms with Crippen LogP contribution in [0.15, 0.2) is 35.9 Å². The highest BCUT2D eigenvalue weighted by Gasteiger charge is 2.04. The quantitative estimate of drug-likeness (QED) is 0.383. The summed E-state index contributed by atoms with van der Waals surface area (Å²) in [5.74, 6) is 0.398. The molecule has 1 aromatic rings. The molecule has 0 aliphatic rings. The number of allylic oxidation sites excluding steroid dienone is 2. The molecule has 0 unspecified atom stereocenters. The first-order valence-electron chi connectivity index (χ1n) is 7.56. The van der Waals surface area contributed by atoms with E-state index >= 15 is 0 Å². The molecule has 3 heteroatoms. The molecule has 0 spiro atoms. The van der Waals surface area contributed by atoms with Crippen molar-refractivity contribution in [1.82, 2.24) is 0 Å². The molecule has 1 rings (SSSR count). The van der Waals surface area contributed by atoms with E-state index in [1.54, 1.807) is 0 Å². The van der Waals surface area contributed by atoms with Gasteiger partial charge in [0.1, 0.15) is 5.75 Å². The molecule has 0 N–H and O–H groups in total. The number of hydrogen-bond acceptors (Lipinski definition) is 3.